The lowest BCUT2D eigenvalue weighted by molar-refractivity contribution is 0.0257. The van der Waals surface area contributed by atoms with Gasteiger partial charge in [-0.15, -0.1) is 0 Å². The Bertz CT molecular complexity index is 1070. The molecule has 5 aliphatic rings. The molecule has 4 atom stereocenters. The van der Waals surface area contributed by atoms with E-state index in [9.17, 15) is 0 Å². The summed E-state index contributed by atoms with van der Waals surface area (Å²) in [7, 11) is 3.65. The average Bonchev–Trinajstić information content (AvgIpc) is 3.63. The third kappa shape index (κ3) is 4.11. The molecule has 8 heteroatoms. The molecule has 0 radical (unpaired) electrons. The van der Waals surface area contributed by atoms with Gasteiger partial charge in [0.25, 0.3) is 0 Å². The van der Waals surface area contributed by atoms with E-state index in [-0.39, 0.29) is 12.2 Å². The van der Waals surface area contributed by atoms with Crippen molar-refractivity contribution in [3.8, 4) is 5.75 Å². The molecule has 3 fully saturated rings. The predicted molar refractivity (Wildman–Crippen MR) is 144 cm³/mol. The zero-order valence-corrected chi connectivity index (χ0v) is 21.3. The van der Waals surface area contributed by atoms with Crippen LogP contribution in [0.4, 0.5) is 22.7 Å². The van der Waals surface area contributed by atoms with Crippen molar-refractivity contribution < 1.29 is 14.2 Å². The largest absolute Gasteiger partial charge is 0.497 e. The maximum Gasteiger partial charge on any atom is 0.177 e. The summed E-state index contributed by atoms with van der Waals surface area (Å²) in [6.45, 7) is 3.79. The number of hydrogen-bond donors (Lipinski definition) is 1. The van der Waals surface area contributed by atoms with Crippen LogP contribution in [0.15, 0.2) is 42.5 Å². The second kappa shape index (κ2) is 9.48. The minimum Gasteiger partial charge on any atom is -0.497 e. The maximum absolute atomic E-state index is 6.27. The Hall–Kier alpha value is -2.55. The van der Waals surface area contributed by atoms with Gasteiger partial charge in [-0.1, -0.05) is 0 Å². The van der Waals surface area contributed by atoms with E-state index in [1.54, 1.807) is 7.11 Å². The fourth-order valence-electron chi connectivity index (χ4n) is 6.23. The number of benzene rings is 2. The van der Waals surface area contributed by atoms with Crippen molar-refractivity contribution in [2.75, 3.05) is 60.5 Å². The lowest BCUT2D eigenvalue weighted by atomic mass is 9.85. The molecular formula is C27H34N4O3S. The van der Waals surface area contributed by atoms with E-state index in [4.69, 9.17) is 26.4 Å². The number of hydrogen-bond acceptors (Lipinski definition) is 6. The normalized spacial score (nSPS) is 27.1. The van der Waals surface area contributed by atoms with Crippen LogP contribution in [-0.2, 0) is 9.47 Å². The Kier molecular flexibility index (Phi) is 6.20. The Morgan fingerprint density at radius 2 is 1.57 bits per heavy atom. The number of fused-ring (bicyclic) bond motifs is 2. The van der Waals surface area contributed by atoms with Gasteiger partial charge < -0.3 is 34.2 Å². The Labute approximate surface area is 212 Å². The number of rotatable bonds is 5. The molecule has 5 aliphatic heterocycles. The van der Waals surface area contributed by atoms with Crippen molar-refractivity contribution in [3.05, 3.63) is 42.5 Å². The molecule has 5 heterocycles. The van der Waals surface area contributed by atoms with E-state index in [0.717, 1.165) is 69.1 Å². The molecule has 35 heavy (non-hydrogen) atoms. The van der Waals surface area contributed by atoms with Crippen LogP contribution in [0.2, 0.25) is 0 Å². The van der Waals surface area contributed by atoms with Crippen LogP contribution >= 0.6 is 12.2 Å². The fourth-order valence-corrected chi connectivity index (χ4v) is 6.46. The van der Waals surface area contributed by atoms with Crippen molar-refractivity contribution in [2.45, 2.75) is 50.0 Å². The zero-order valence-electron chi connectivity index (χ0n) is 20.5. The molecular weight excluding hydrogens is 460 g/mol. The van der Waals surface area contributed by atoms with E-state index in [0.29, 0.717) is 17.2 Å². The van der Waals surface area contributed by atoms with E-state index in [1.165, 1.54) is 11.4 Å². The first-order valence-corrected chi connectivity index (χ1v) is 13.1. The second-order valence-electron chi connectivity index (χ2n) is 9.86. The van der Waals surface area contributed by atoms with Gasteiger partial charge >= 0.3 is 0 Å². The molecule has 0 spiro atoms. The molecule has 2 aromatic rings. The highest BCUT2D eigenvalue weighted by molar-refractivity contribution is 7.80. The van der Waals surface area contributed by atoms with E-state index < -0.39 is 0 Å². The molecule has 2 aromatic carbocycles. The summed E-state index contributed by atoms with van der Waals surface area (Å²) < 4.78 is 17.8. The zero-order chi connectivity index (χ0) is 23.9. The molecule has 0 aromatic heterocycles. The first kappa shape index (κ1) is 22.9. The van der Waals surface area contributed by atoms with Crippen molar-refractivity contribution in [1.82, 2.24) is 0 Å². The molecule has 7 rings (SSSR count). The van der Waals surface area contributed by atoms with E-state index in [1.807, 2.05) is 36.2 Å². The summed E-state index contributed by atoms with van der Waals surface area (Å²) in [5, 5.41) is 4.11. The third-order valence-corrected chi connectivity index (χ3v) is 8.33. The summed E-state index contributed by atoms with van der Waals surface area (Å²) in [4.78, 5) is 7.18. The van der Waals surface area contributed by atoms with Crippen LogP contribution in [0.5, 0.6) is 5.75 Å². The topological polar surface area (TPSA) is 49.4 Å². The van der Waals surface area contributed by atoms with Crippen molar-refractivity contribution in [3.63, 3.8) is 0 Å². The van der Waals surface area contributed by atoms with Gasteiger partial charge in [-0.25, -0.2) is 0 Å². The monoisotopic (exact) mass is 494 g/mol. The predicted octanol–water partition coefficient (Wildman–Crippen LogP) is 4.26. The molecule has 0 saturated carbocycles. The summed E-state index contributed by atoms with van der Waals surface area (Å²) in [6, 6.07) is 15.2. The first-order valence-electron chi connectivity index (χ1n) is 12.7. The molecule has 2 bridgehead atoms. The molecule has 7 nitrogen and oxygen atoms in total. The van der Waals surface area contributed by atoms with Crippen LogP contribution < -0.4 is 24.8 Å². The first-order chi connectivity index (χ1) is 17.1. The highest BCUT2D eigenvalue weighted by Gasteiger charge is 2.51. The smallest absolute Gasteiger partial charge is 0.177 e. The number of anilines is 4. The van der Waals surface area contributed by atoms with Crippen molar-refractivity contribution in [1.29, 1.82) is 0 Å². The van der Waals surface area contributed by atoms with Gasteiger partial charge in [0.15, 0.2) is 5.11 Å². The van der Waals surface area contributed by atoms with Gasteiger partial charge in [0.1, 0.15) is 5.75 Å². The molecule has 0 aliphatic carbocycles. The number of ether oxygens (including phenoxy) is 3. The lowest BCUT2D eigenvalue weighted by Gasteiger charge is -2.58. The van der Waals surface area contributed by atoms with Gasteiger partial charge in [0.05, 0.1) is 42.8 Å². The summed E-state index contributed by atoms with van der Waals surface area (Å²) in [6.07, 6.45) is 5.11. The Morgan fingerprint density at radius 3 is 2.14 bits per heavy atom. The SMILES string of the molecule is COc1ccc(N(C)C(=S)Nc2ccc3c(c2)N2CCN3C(C3CCCO3)C2C2CCCO2)cc1. The van der Waals surface area contributed by atoms with E-state index >= 15 is 0 Å². The third-order valence-electron chi connectivity index (χ3n) is 7.95. The van der Waals surface area contributed by atoms with Crippen LogP contribution in [-0.4, -0.2) is 69.9 Å². The lowest BCUT2D eigenvalue weighted by Crippen LogP contribution is -2.70. The minimum atomic E-state index is 0.263. The average molecular weight is 495 g/mol. The minimum absolute atomic E-state index is 0.263. The summed E-state index contributed by atoms with van der Waals surface area (Å²) >= 11 is 5.75. The summed E-state index contributed by atoms with van der Waals surface area (Å²) in [5.41, 5.74) is 4.58. The van der Waals surface area contributed by atoms with Crippen LogP contribution in [0.1, 0.15) is 25.7 Å². The van der Waals surface area contributed by atoms with Gasteiger partial charge in [0.2, 0.25) is 0 Å². The number of nitrogens with zero attached hydrogens (tertiary/aromatic N) is 3. The quantitative estimate of drug-likeness (QED) is 0.619. The van der Waals surface area contributed by atoms with Gasteiger partial charge in [-0.05, 0) is 80.4 Å². The Balaban J connectivity index is 1.26. The molecule has 186 valence electrons. The molecule has 3 saturated heterocycles. The maximum atomic E-state index is 6.27. The standard InChI is InChI=1S/C27H34N4O3S/c1-29(19-8-10-20(32-2)11-9-19)27(35)28-18-7-12-21-22(17-18)31-14-13-30(21)25(23-5-3-15-33-23)26(31)24-6-4-16-34-24/h7-12,17,23-26H,3-6,13-16H2,1-2H3,(H,28,35). The van der Waals surface area contributed by atoms with Crippen molar-refractivity contribution >= 4 is 40.1 Å². The number of thiocarbonyl (C=S) groups is 1. The second-order valence-corrected chi connectivity index (χ2v) is 10.2. The number of piperazine rings is 1. The van der Waals surface area contributed by atoms with E-state index in [2.05, 4.69) is 33.3 Å². The molecule has 0 amide bonds. The van der Waals surface area contributed by atoms with Crippen LogP contribution in [0.3, 0.4) is 0 Å². The highest BCUT2D eigenvalue weighted by Crippen LogP contribution is 2.47. The van der Waals surface area contributed by atoms with Gasteiger partial charge in [-0.2, -0.15) is 0 Å². The highest BCUT2D eigenvalue weighted by atomic mass is 32.1. The Morgan fingerprint density at radius 1 is 0.943 bits per heavy atom. The van der Waals surface area contributed by atoms with Crippen LogP contribution in [0.25, 0.3) is 0 Å². The number of methoxy groups -OCH3 is 1. The molecule has 1 N–H and O–H groups in total. The fraction of sp³-hybridized carbons (Fsp3) is 0.519. The van der Waals surface area contributed by atoms with Crippen molar-refractivity contribution in [2.24, 2.45) is 0 Å². The summed E-state index contributed by atoms with van der Waals surface area (Å²) in [5.74, 6) is 0.830. The van der Waals surface area contributed by atoms with Crippen LogP contribution in [0, 0.1) is 0 Å². The van der Waals surface area contributed by atoms with Gasteiger partial charge in [-0.3, -0.25) is 0 Å². The van der Waals surface area contributed by atoms with Gasteiger partial charge in [0, 0.05) is 44.7 Å². The number of nitrogens with one attached hydrogen (secondary N) is 1. The molecule has 4 unspecified atom stereocenters.